The second kappa shape index (κ2) is 18.7. The van der Waals surface area contributed by atoms with Gasteiger partial charge in [-0.05, 0) is 68.2 Å². The molecule has 198 valence electrons. The van der Waals surface area contributed by atoms with E-state index in [4.69, 9.17) is 0 Å². The first-order chi connectivity index (χ1) is 18.4. The maximum atomic E-state index is 3.79. The van der Waals surface area contributed by atoms with Crippen LogP contribution in [0.4, 0.5) is 0 Å². The normalized spacial score (nSPS) is 11.3. The zero-order valence-electron chi connectivity index (χ0n) is 23.8. The lowest BCUT2D eigenvalue weighted by Gasteiger charge is -2.29. The molecule has 4 aromatic rings. The van der Waals surface area contributed by atoms with E-state index in [9.17, 15) is 0 Å². The Hall–Kier alpha value is -3.55. The predicted octanol–water partition coefficient (Wildman–Crippen LogP) is 10.4. The molecule has 1 atom stereocenters. The van der Waals surface area contributed by atoms with Gasteiger partial charge in [0.1, 0.15) is 0 Å². The summed E-state index contributed by atoms with van der Waals surface area (Å²) in [5, 5.41) is 0. The minimum atomic E-state index is -0.124. The number of hydrogen-bond donors (Lipinski definition) is 1. The Morgan fingerprint density at radius 3 is 1.68 bits per heavy atom. The van der Waals surface area contributed by atoms with Crippen molar-refractivity contribution in [3.63, 3.8) is 0 Å². The van der Waals surface area contributed by atoms with Crippen molar-refractivity contribution in [2.75, 3.05) is 6.26 Å². The average Bonchev–Trinajstić information content (AvgIpc) is 2.96. The van der Waals surface area contributed by atoms with Crippen LogP contribution in [0.5, 0.6) is 0 Å². The van der Waals surface area contributed by atoms with Gasteiger partial charge in [-0.2, -0.15) is 12.6 Å². The third-order valence-corrected chi connectivity index (χ3v) is 6.02. The molecule has 0 fully saturated rings. The first-order valence-corrected chi connectivity index (χ1v) is 13.9. The Bertz CT molecular complexity index is 1200. The zero-order valence-corrected chi connectivity index (χ0v) is 24.7. The Morgan fingerprint density at radius 1 is 0.684 bits per heavy atom. The third-order valence-electron chi connectivity index (χ3n) is 6.02. The summed E-state index contributed by atoms with van der Waals surface area (Å²) in [6, 6.07) is 38.4. The smallest absolute Gasteiger partial charge is 0.0359 e. The molecular weight excluding hydrogens is 476 g/mol. The van der Waals surface area contributed by atoms with E-state index in [0.717, 1.165) is 6.42 Å². The summed E-state index contributed by atoms with van der Waals surface area (Å²) in [5.41, 5.74) is 7.88. The molecule has 4 rings (SSSR count). The third kappa shape index (κ3) is 10.8. The Kier molecular flexibility index (Phi) is 15.9. The molecule has 0 saturated carbocycles. The molecule has 0 N–H and O–H groups in total. The SMILES string of the molecule is C=C/C=C/C(C)(c1ccccc1)c1ccccc1C.C=CC.CS.Cc1ccc(Cc2ccccc2)cc1. The zero-order chi connectivity index (χ0) is 28.2. The highest BCUT2D eigenvalue weighted by Crippen LogP contribution is 2.35. The molecule has 0 aromatic heterocycles. The molecule has 0 nitrogen and oxygen atoms in total. The van der Waals surface area contributed by atoms with E-state index in [-0.39, 0.29) is 5.41 Å². The average molecular weight is 521 g/mol. The Balaban J connectivity index is 0.000000335. The van der Waals surface area contributed by atoms with Crippen LogP contribution in [0.1, 0.15) is 47.2 Å². The monoisotopic (exact) mass is 520 g/mol. The van der Waals surface area contributed by atoms with Crippen molar-refractivity contribution < 1.29 is 0 Å². The number of rotatable bonds is 6. The molecule has 0 radical (unpaired) electrons. The molecule has 0 spiro atoms. The van der Waals surface area contributed by atoms with Gasteiger partial charge in [-0.15, -0.1) is 6.58 Å². The summed E-state index contributed by atoms with van der Waals surface area (Å²) in [4.78, 5) is 0. The summed E-state index contributed by atoms with van der Waals surface area (Å²) in [5.74, 6) is 0. The van der Waals surface area contributed by atoms with Crippen molar-refractivity contribution in [3.05, 3.63) is 180 Å². The number of aryl methyl sites for hydroxylation is 2. The van der Waals surface area contributed by atoms with Gasteiger partial charge in [0.25, 0.3) is 0 Å². The first kappa shape index (κ1) is 32.5. The first-order valence-electron chi connectivity index (χ1n) is 13.0. The molecule has 4 aromatic carbocycles. The number of benzene rings is 4. The Morgan fingerprint density at radius 2 is 1.16 bits per heavy atom. The van der Waals surface area contributed by atoms with E-state index in [1.165, 1.54) is 33.4 Å². The second-order valence-electron chi connectivity index (χ2n) is 9.03. The van der Waals surface area contributed by atoms with Crippen molar-refractivity contribution in [3.8, 4) is 0 Å². The summed E-state index contributed by atoms with van der Waals surface area (Å²) >= 11 is 3.53. The highest BCUT2D eigenvalue weighted by Gasteiger charge is 2.26. The van der Waals surface area contributed by atoms with E-state index in [2.05, 4.69) is 162 Å². The van der Waals surface area contributed by atoms with Gasteiger partial charge in [0.05, 0.1) is 0 Å². The van der Waals surface area contributed by atoms with E-state index < -0.39 is 0 Å². The van der Waals surface area contributed by atoms with Gasteiger partial charge < -0.3 is 0 Å². The topological polar surface area (TPSA) is 0 Å². The summed E-state index contributed by atoms with van der Waals surface area (Å²) in [7, 11) is 0. The van der Waals surface area contributed by atoms with Crippen LogP contribution in [0.2, 0.25) is 0 Å². The van der Waals surface area contributed by atoms with Crippen LogP contribution in [0, 0.1) is 13.8 Å². The van der Waals surface area contributed by atoms with Crippen LogP contribution < -0.4 is 0 Å². The van der Waals surface area contributed by atoms with Gasteiger partial charge in [0.15, 0.2) is 0 Å². The fourth-order valence-corrected chi connectivity index (χ4v) is 4.08. The fraction of sp³-hybridized carbons (Fsp3) is 0.189. The van der Waals surface area contributed by atoms with Crippen LogP contribution in [0.25, 0.3) is 0 Å². The summed E-state index contributed by atoms with van der Waals surface area (Å²) in [6.45, 7) is 15.6. The quantitative estimate of drug-likeness (QED) is 0.146. The molecule has 0 aliphatic rings. The molecule has 0 amide bonds. The minimum absolute atomic E-state index is 0.124. The second-order valence-corrected chi connectivity index (χ2v) is 9.03. The standard InChI is InChI=1S/C19H20.C14H14.C3H6.CH4S/c1-4-5-15-19(3,17-12-7-6-8-13-17)18-14-10-9-11-16(18)2;1-12-7-9-14(10-8-12)11-13-5-3-2-4-6-13;1-3-2;1-2/h4-15H,1H2,2-3H3;2-10H,11H2,1H3;3H,1H2,2H3;2H,1H3/b15-5+;;;. The highest BCUT2D eigenvalue weighted by molar-refractivity contribution is 7.79. The van der Waals surface area contributed by atoms with Gasteiger partial charge in [0, 0.05) is 5.41 Å². The molecule has 0 saturated heterocycles. The lowest BCUT2D eigenvalue weighted by atomic mass is 9.74. The van der Waals surface area contributed by atoms with E-state index >= 15 is 0 Å². The van der Waals surface area contributed by atoms with Crippen molar-refractivity contribution in [2.45, 2.75) is 39.5 Å². The molecule has 0 aliphatic heterocycles. The molecule has 1 unspecified atom stereocenters. The van der Waals surface area contributed by atoms with Crippen LogP contribution >= 0.6 is 12.6 Å². The van der Waals surface area contributed by atoms with E-state index in [0.29, 0.717) is 0 Å². The van der Waals surface area contributed by atoms with Gasteiger partial charge in [-0.1, -0.05) is 146 Å². The Labute approximate surface area is 237 Å². The number of thiol groups is 1. The van der Waals surface area contributed by atoms with Crippen molar-refractivity contribution >= 4 is 12.6 Å². The fourth-order valence-electron chi connectivity index (χ4n) is 4.08. The number of hydrogen-bond acceptors (Lipinski definition) is 1. The molecule has 38 heavy (non-hydrogen) atoms. The maximum absolute atomic E-state index is 3.79. The molecular formula is C37H44S. The van der Waals surface area contributed by atoms with Gasteiger partial charge in [0.2, 0.25) is 0 Å². The molecule has 0 bridgehead atoms. The van der Waals surface area contributed by atoms with Crippen LogP contribution in [-0.4, -0.2) is 6.26 Å². The van der Waals surface area contributed by atoms with Crippen molar-refractivity contribution in [2.24, 2.45) is 0 Å². The van der Waals surface area contributed by atoms with E-state index in [1.54, 1.807) is 12.3 Å². The largest absolute Gasteiger partial charge is 0.183 e. The lowest BCUT2D eigenvalue weighted by Crippen LogP contribution is -2.21. The van der Waals surface area contributed by atoms with Crippen molar-refractivity contribution in [1.29, 1.82) is 0 Å². The lowest BCUT2D eigenvalue weighted by molar-refractivity contribution is 0.717. The number of allylic oxidation sites excluding steroid dienone is 4. The van der Waals surface area contributed by atoms with Gasteiger partial charge in [-0.25, -0.2) is 0 Å². The molecule has 1 heteroatoms. The molecule has 0 heterocycles. The highest BCUT2D eigenvalue weighted by atomic mass is 32.1. The summed E-state index contributed by atoms with van der Waals surface area (Å²) < 4.78 is 0. The van der Waals surface area contributed by atoms with Crippen LogP contribution in [0.15, 0.2) is 147 Å². The van der Waals surface area contributed by atoms with Crippen molar-refractivity contribution in [1.82, 2.24) is 0 Å². The van der Waals surface area contributed by atoms with E-state index in [1.807, 2.05) is 19.1 Å². The predicted molar refractivity (Wildman–Crippen MR) is 175 cm³/mol. The maximum Gasteiger partial charge on any atom is 0.0359 e. The van der Waals surface area contributed by atoms with Crippen LogP contribution in [0.3, 0.4) is 0 Å². The summed E-state index contributed by atoms with van der Waals surface area (Å²) in [6.07, 6.45) is 10.6. The minimum Gasteiger partial charge on any atom is -0.183 e. The van der Waals surface area contributed by atoms with Gasteiger partial charge in [-0.3, -0.25) is 0 Å². The molecule has 0 aliphatic carbocycles. The van der Waals surface area contributed by atoms with Gasteiger partial charge >= 0.3 is 0 Å². The van der Waals surface area contributed by atoms with Crippen LogP contribution in [-0.2, 0) is 11.8 Å².